The van der Waals surface area contributed by atoms with Gasteiger partial charge in [-0.05, 0) is 51.2 Å². The van der Waals surface area contributed by atoms with Crippen LogP contribution in [-0.2, 0) is 18.2 Å². The molecule has 1 saturated carbocycles. The molecule has 0 spiro atoms. The summed E-state index contributed by atoms with van der Waals surface area (Å²) in [5.41, 5.74) is 7.32. The molecule has 7 rings (SSSR count). The molecule has 196 valence electrons. The quantitative estimate of drug-likeness (QED) is 0.324. The summed E-state index contributed by atoms with van der Waals surface area (Å²) in [4.78, 5) is 4.78. The van der Waals surface area contributed by atoms with Gasteiger partial charge in [0.1, 0.15) is 0 Å². The van der Waals surface area contributed by atoms with E-state index < -0.39 is 5.72 Å². The molecule has 0 amide bonds. The number of aromatic nitrogens is 7. The first-order chi connectivity index (χ1) is 18.7. The number of hydrogen-bond acceptors (Lipinski definition) is 5. The lowest BCUT2D eigenvalue weighted by Gasteiger charge is -2.24. The molecule has 1 fully saturated rings. The summed E-state index contributed by atoms with van der Waals surface area (Å²) < 4.78 is 5.50. The Morgan fingerprint density at radius 1 is 0.949 bits per heavy atom. The molecule has 1 aliphatic carbocycles. The molecule has 0 bridgehead atoms. The summed E-state index contributed by atoms with van der Waals surface area (Å²) in [6, 6.07) is 17.9. The van der Waals surface area contributed by atoms with Gasteiger partial charge in [0.2, 0.25) is 0 Å². The summed E-state index contributed by atoms with van der Waals surface area (Å²) in [6.07, 6.45) is 6.19. The molecule has 1 N–H and O–H groups in total. The van der Waals surface area contributed by atoms with E-state index in [2.05, 4.69) is 31.1 Å². The minimum Gasteiger partial charge on any atom is -0.366 e. The van der Waals surface area contributed by atoms with E-state index in [9.17, 15) is 5.11 Å². The third kappa shape index (κ3) is 3.62. The monoisotopic (exact) mass is 517 g/mol. The van der Waals surface area contributed by atoms with Crippen LogP contribution >= 0.6 is 0 Å². The number of hydrogen-bond donors (Lipinski definition) is 1. The zero-order chi connectivity index (χ0) is 27.1. The standard InChI is InChI=1S/C31H31N7O/c1-19-26(16-21-17-36(5)35-29(21)32-19)38-20(2)27(30(3)14-15-30)28(34-38)23-12-9-13-25-24(23)18-37(33-25)31(4,39)22-10-7-6-8-11-22/h6-13,16-18,39H,14-15H2,1-5H3. The highest BCUT2D eigenvalue weighted by Gasteiger charge is 2.44. The van der Waals surface area contributed by atoms with Crippen LogP contribution in [0.25, 0.3) is 38.9 Å². The van der Waals surface area contributed by atoms with Crippen LogP contribution in [0.15, 0.2) is 67.0 Å². The molecule has 6 aromatic rings. The summed E-state index contributed by atoms with van der Waals surface area (Å²) in [7, 11) is 1.91. The number of aryl methyl sites for hydroxylation is 2. The van der Waals surface area contributed by atoms with Crippen molar-refractivity contribution in [3.05, 3.63) is 89.5 Å². The van der Waals surface area contributed by atoms with E-state index in [1.54, 1.807) is 16.3 Å². The van der Waals surface area contributed by atoms with Crippen molar-refractivity contribution in [1.29, 1.82) is 0 Å². The molecule has 39 heavy (non-hydrogen) atoms. The SMILES string of the molecule is Cc1nc2nn(C)cc2cc1-n1nc(-c2cccc3nn(C(C)(O)c4ccccc4)cc23)c(C2(C)CC2)c1C. The van der Waals surface area contributed by atoms with E-state index >= 15 is 0 Å². The van der Waals surface area contributed by atoms with Crippen molar-refractivity contribution >= 4 is 21.9 Å². The molecule has 0 saturated heterocycles. The molecule has 1 aliphatic rings. The van der Waals surface area contributed by atoms with Crippen molar-refractivity contribution in [3.8, 4) is 16.9 Å². The molecule has 1 unspecified atom stereocenters. The molecule has 4 aromatic heterocycles. The summed E-state index contributed by atoms with van der Waals surface area (Å²) in [6.45, 7) is 8.27. The third-order valence-electron chi connectivity index (χ3n) is 8.29. The smallest absolute Gasteiger partial charge is 0.181 e. The van der Waals surface area contributed by atoms with E-state index in [1.807, 2.05) is 73.5 Å². The third-order valence-corrected chi connectivity index (χ3v) is 8.29. The fraction of sp³-hybridized carbons (Fsp3) is 0.290. The van der Waals surface area contributed by atoms with Crippen molar-refractivity contribution in [2.45, 2.75) is 51.7 Å². The Hall–Kier alpha value is -4.30. The second kappa shape index (κ2) is 8.10. The van der Waals surface area contributed by atoms with Gasteiger partial charge in [0.05, 0.1) is 22.6 Å². The van der Waals surface area contributed by atoms with E-state index in [0.717, 1.165) is 68.7 Å². The van der Waals surface area contributed by atoms with Crippen LogP contribution in [0.4, 0.5) is 0 Å². The van der Waals surface area contributed by atoms with Gasteiger partial charge in [0.15, 0.2) is 11.4 Å². The predicted octanol–water partition coefficient (Wildman–Crippen LogP) is 5.55. The Morgan fingerprint density at radius 3 is 2.46 bits per heavy atom. The van der Waals surface area contributed by atoms with Gasteiger partial charge in [-0.3, -0.25) is 4.68 Å². The Bertz CT molecular complexity index is 1890. The zero-order valence-corrected chi connectivity index (χ0v) is 22.8. The lowest BCUT2D eigenvalue weighted by atomic mass is 9.92. The fourth-order valence-electron chi connectivity index (χ4n) is 5.81. The highest BCUT2D eigenvalue weighted by atomic mass is 16.3. The van der Waals surface area contributed by atoms with Crippen molar-refractivity contribution in [1.82, 2.24) is 34.3 Å². The fourth-order valence-corrected chi connectivity index (χ4v) is 5.81. The van der Waals surface area contributed by atoms with Gasteiger partial charge < -0.3 is 5.11 Å². The van der Waals surface area contributed by atoms with Crippen LogP contribution in [-0.4, -0.2) is 39.4 Å². The molecule has 1 atom stereocenters. The van der Waals surface area contributed by atoms with Gasteiger partial charge in [-0.2, -0.15) is 15.3 Å². The van der Waals surface area contributed by atoms with Crippen molar-refractivity contribution < 1.29 is 5.11 Å². The number of rotatable bonds is 5. The average Bonchev–Trinajstić information content (AvgIpc) is 3.23. The van der Waals surface area contributed by atoms with E-state index in [0.29, 0.717) is 0 Å². The first-order valence-corrected chi connectivity index (χ1v) is 13.3. The average molecular weight is 518 g/mol. The largest absolute Gasteiger partial charge is 0.366 e. The van der Waals surface area contributed by atoms with Gasteiger partial charge in [-0.15, -0.1) is 0 Å². The molecule has 4 heterocycles. The Balaban J connectivity index is 1.43. The van der Waals surface area contributed by atoms with Gasteiger partial charge in [-0.25, -0.2) is 14.3 Å². The van der Waals surface area contributed by atoms with Crippen molar-refractivity contribution in [3.63, 3.8) is 0 Å². The second-order valence-electron chi connectivity index (χ2n) is 11.3. The number of nitrogens with zero attached hydrogens (tertiary/aromatic N) is 7. The number of fused-ring (bicyclic) bond motifs is 2. The Morgan fingerprint density at radius 2 is 1.72 bits per heavy atom. The topological polar surface area (TPSA) is 86.6 Å². The van der Waals surface area contributed by atoms with Crippen molar-refractivity contribution in [2.24, 2.45) is 7.05 Å². The van der Waals surface area contributed by atoms with Crippen molar-refractivity contribution in [2.75, 3.05) is 0 Å². The van der Waals surface area contributed by atoms with E-state index in [4.69, 9.17) is 15.2 Å². The summed E-state index contributed by atoms with van der Waals surface area (Å²) >= 11 is 0. The number of aliphatic hydroxyl groups is 1. The maximum atomic E-state index is 11.5. The number of benzene rings is 2. The summed E-state index contributed by atoms with van der Waals surface area (Å²) in [5, 5.41) is 28.0. The predicted molar refractivity (Wildman–Crippen MR) is 152 cm³/mol. The molecule has 0 radical (unpaired) electrons. The molecular formula is C31H31N7O. The molecule has 0 aliphatic heterocycles. The van der Waals surface area contributed by atoms with Gasteiger partial charge in [0, 0.05) is 52.6 Å². The first-order valence-electron chi connectivity index (χ1n) is 13.3. The van der Waals surface area contributed by atoms with Crippen LogP contribution in [0.2, 0.25) is 0 Å². The Kier molecular flexibility index (Phi) is 4.94. The van der Waals surface area contributed by atoms with Gasteiger partial charge in [-0.1, -0.05) is 49.4 Å². The Labute approximate surface area is 226 Å². The highest BCUT2D eigenvalue weighted by Crippen LogP contribution is 2.52. The van der Waals surface area contributed by atoms with Crippen LogP contribution < -0.4 is 0 Å². The van der Waals surface area contributed by atoms with Crippen LogP contribution in [0.5, 0.6) is 0 Å². The maximum absolute atomic E-state index is 11.5. The highest BCUT2D eigenvalue weighted by molar-refractivity contribution is 5.95. The lowest BCUT2D eigenvalue weighted by Crippen LogP contribution is -2.31. The van der Waals surface area contributed by atoms with Gasteiger partial charge in [0.25, 0.3) is 0 Å². The molecule has 8 heteroatoms. The van der Waals surface area contributed by atoms with E-state index in [-0.39, 0.29) is 5.41 Å². The van der Waals surface area contributed by atoms with Crippen LogP contribution in [0, 0.1) is 13.8 Å². The number of pyridine rings is 1. The summed E-state index contributed by atoms with van der Waals surface area (Å²) in [5.74, 6) is 0. The van der Waals surface area contributed by atoms with Crippen LogP contribution in [0.3, 0.4) is 0 Å². The normalized spacial score (nSPS) is 16.2. The lowest BCUT2D eigenvalue weighted by molar-refractivity contribution is 0.0135. The second-order valence-corrected chi connectivity index (χ2v) is 11.3. The maximum Gasteiger partial charge on any atom is 0.181 e. The van der Waals surface area contributed by atoms with Crippen LogP contribution in [0.1, 0.15) is 49.2 Å². The van der Waals surface area contributed by atoms with E-state index in [1.165, 1.54) is 5.56 Å². The zero-order valence-electron chi connectivity index (χ0n) is 22.8. The minimum absolute atomic E-state index is 0.0745. The molecular weight excluding hydrogens is 486 g/mol. The minimum atomic E-state index is -1.29. The molecule has 8 nitrogen and oxygen atoms in total. The molecule has 2 aromatic carbocycles. The van der Waals surface area contributed by atoms with Gasteiger partial charge >= 0.3 is 0 Å². The first kappa shape index (κ1) is 23.8.